The van der Waals surface area contributed by atoms with Crippen LogP contribution in [0.5, 0.6) is 0 Å². The van der Waals surface area contributed by atoms with Crippen LogP contribution in [0, 0.1) is 0 Å². The second-order valence-corrected chi connectivity index (χ2v) is 6.40. The summed E-state index contributed by atoms with van der Waals surface area (Å²) in [6.45, 7) is 6.38. The minimum Gasteiger partial charge on any atom is -0.357 e. The van der Waals surface area contributed by atoms with Crippen LogP contribution in [0.4, 0.5) is 0 Å². The average molecular weight is 479 g/mol. The maximum Gasteiger partial charge on any atom is 0.191 e. The minimum atomic E-state index is 0. The highest BCUT2D eigenvalue weighted by molar-refractivity contribution is 14.0. The molecular weight excluding hydrogens is 455 g/mol. The molecule has 0 amide bonds. The predicted molar refractivity (Wildman–Crippen MR) is 115 cm³/mol. The van der Waals surface area contributed by atoms with Gasteiger partial charge in [0.15, 0.2) is 5.96 Å². The molecule has 0 unspecified atom stereocenters. The number of guanidine groups is 1. The Kier molecular flexibility index (Phi) is 10.3. The standard InChI is InChI=1S/C17H23ClN4S.HI/c1-3-16-22-14(12-23-16)9-10-20-17(19-4-2)21-11-13-7-5-6-8-15(13)18;/h5-8,12H,3-4,9-11H2,1-2H3,(H2,19,20,21);1H. The first kappa shape index (κ1) is 21.2. The molecule has 1 aromatic heterocycles. The highest BCUT2D eigenvalue weighted by atomic mass is 127. The summed E-state index contributed by atoms with van der Waals surface area (Å²) < 4.78 is 0. The number of aliphatic imine (C=N–C) groups is 1. The number of nitrogens with zero attached hydrogens (tertiary/aromatic N) is 2. The van der Waals surface area contributed by atoms with E-state index in [-0.39, 0.29) is 24.0 Å². The summed E-state index contributed by atoms with van der Waals surface area (Å²) in [4.78, 5) is 9.17. The highest BCUT2D eigenvalue weighted by Crippen LogP contribution is 2.15. The van der Waals surface area contributed by atoms with Crippen molar-refractivity contribution in [3.05, 3.63) is 50.9 Å². The third-order valence-corrected chi connectivity index (χ3v) is 4.70. The van der Waals surface area contributed by atoms with E-state index >= 15 is 0 Å². The molecule has 0 aliphatic rings. The number of hydrogen-bond donors (Lipinski definition) is 2. The lowest BCUT2D eigenvalue weighted by atomic mass is 10.2. The summed E-state index contributed by atoms with van der Waals surface area (Å²) in [6.07, 6.45) is 1.90. The first-order valence-electron chi connectivity index (χ1n) is 7.91. The van der Waals surface area contributed by atoms with Crippen molar-refractivity contribution < 1.29 is 0 Å². The fourth-order valence-corrected chi connectivity index (χ4v) is 3.04. The lowest BCUT2D eigenvalue weighted by molar-refractivity contribution is 0.789. The first-order chi connectivity index (χ1) is 11.2. The number of rotatable bonds is 7. The summed E-state index contributed by atoms with van der Waals surface area (Å²) in [7, 11) is 0. The molecule has 132 valence electrons. The summed E-state index contributed by atoms with van der Waals surface area (Å²) in [5.41, 5.74) is 2.17. The molecule has 1 heterocycles. The van der Waals surface area contributed by atoms with Crippen molar-refractivity contribution in [2.24, 2.45) is 4.99 Å². The van der Waals surface area contributed by atoms with E-state index in [0.717, 1.165) is 48.2 Å². The van der Waals surface area contributed by atoms with E-state index in [1.165, 1.54) is 5.01 Å². The van der Waals surface area contributed by atoms with Crippen molar-refractivity contribution in [3.8, 4) is 0 Å². The Morgan fingerprint density at radius 3 is 2.71 bits per heavy atom. The van der Waals surface area contributed by atoms with Gasteiger partial charge in [-0.1, -0.05) is 36.7 Å². The monoisotopic (exact) mass is 478 g/mol. The third-order valence-electron chi connectivity index (χ3n) is 3.28. The van der Waals surface area contributed by atoms with Crippen LogP contribution in [-0.4, -0.2) is 24.0 Å². The van der Waals surface area contributed by atoms with Gasteiger partial charge in [-0.05, 0) is 25.0 Å². The summed E-state index contributed by atoms with van der Waals surface area (Å²) in [5.74, 6) is 0.804. The number of nitrogens with one attached hydrogen (secondary N) is 2. The zero-order valence-corrected chi connectivity index (χ0v) is 17.9. The molecule has 0 bridgehead atoms. The van der Waals surface area contributed by atoms with Crippen LogP contribution in [-0.2, 0) is 19.4 Å². The molecule has 2 N–H and O–H groups in total. The van der Waals surface area contributed by atoms with Crippen LogP contribution in [0.2, 0.25) is 5.02 Å². The van der Waals surface area contributed by atoms with Crippen LogP contribution >= 0.6 is 46.9 Å². The van der Waals surface area contributed by atoms with Gasteiger partial charge in [-0.2, -0.15) is 0 Å². The molecular formula is C17H24ClIN4S. The molecule has 1 aromatic carbocycles. The van der Waals surface area contributed by atoms with Gasteiger partial charge < -0.3 is 10.6 Å². The highest BCUT2D eigenvalue weighted by Gasteiger charge is 2.03. The zero-order chi connectivity index (χ0) is 16.5. The molecule has 0 radical (unpaired) electrons. The van der Waals surface area contributed by atoms with Crippen molar-refractivity contribution in [2.75, 3.05) is 13.1 Å². The maximum absolute atomic E-state index is 6.17. The molecule has 0 saturated carbocycles. The lowest BCUT2D eigenvalue weighted by Gasteiger charge is -2.11. The number of halogens is 2. The van der Waals surface area contributed by atoms with Crippen LogP contribution in [0.3, 0.4) is 0 Å². The van der Waals surface area contributed by atoms with Crippen molar-refractivity contribution in [3.63, 3.8) is 0 Å². The van der Waals surface area contributed by atoms with Gasteiger partial charge in [-0.25, -0.2) is 9.98 Å². The van der Waals surface area contributed by atoms with Crippen LogP contribution in [0.25, 0.3) is 0 Å². The van der Waals surface area contributed by atoms with Gasteiger partial charge in [0, 0.05) is 29.9 Å². The predicted octanol–water partition coefficient (Wildman–Crippen LogP) is 4.27. The lowest BCUT2D eigenvalue weighted by Crippen LogP contribution is -2.38. The quantitative estimate of drug-likeness (QED) is 0.355. The second-order valence-electron chi connectivity index (χ2n) is 5.05. The third kappa shape index (κ3) is 6.94. The molecule has 2 rings (SSSR count). The fraction of sp³-hybridized carbons (Fsp3) is 0.412. The van der Waals surface area contributed by atoms with Crippen LogP contribution < -0.4 is 10.6 Å². The molecule has 0 aliphatic heterocycles. The first-order valence-corrected chi connectivity index (χ1v) is 9.17. The van der Waals surface area contributed by atoms with Gasteiger partial charge in [0.2, 0.25) is 0 Å². The molecule has 0 fully saturated rings. The van der Waals surface area contributed by atoms with Gasteiger partial charge in [0.25, 0.3) is 0 Å². The number of hydrogen-bond acceptors (Lipinski definition) is 3. The SMILES string of the molecule is CCNC(=NCc1ccccc1Cl)NCCc1csc(CC)n1.I. The van der Waals surface area contributed by atoms with Crippen molar-refractivity contribution in [1.29, 1.82) is 0 Å². The topological polar surface area (TPSA) is 49.3 Å². The van der Waals surface area contributed by atoms with Gasteiger partial charge in [-0.3, -0.25) is 0 Å². The molecule has 7 heteroatoms. The van der Waals surface area contributed by atoms with E-state index in [4.69, 9.17) is 11.6 Å². The molecule has 0 atom stereocenters. The van der Waals surface area contributed by atoms with Crippen LogP contribution in [0.15, 0.2) is 34.6 Å². The maximum atomic E-state index is 6.17. The average Bonchev–Trinajstić information content (AvgIpc) is 3.02. The molecule has 24 heavy (non-hydrogen) atoms. The summed E-state index contributed by atoms with van der Waals surface area (Å²) in [6, 6.07) is 7.79. The number of aromatic nitrogens is 1. The van der Waals surface area contributed by atoms with E-state index < -0.39 is 0 Å². The van der Waals surface area contributed by atoms with E-state index in [1.807, 2.05) is 24.3 Å². The van der Waals surface area contributed by atoms with E-state index in [1.54, 1.807) is 11.3 Å². The summed E-state index contributed by atoms with van der Waals surface area (Å²) in [5, 5.41) is 10.7. The fourth-order valence-electron chi connectivity index (χ4n) is 2.07. The van der Waals surface area contributed by atoms with Gasteiger partial charge >= 0.3 is 0 Å². The van der Waals surface area contributed by atoms with E-state index in [9.17, 15) is 0 Å². The molecule has 4 nitrogen and oxygen atoms in total. The smallest absolute Gasteiger partial charge is 0.191 e. The van der Waals surface area contributed by atoms with Crippen molar-refractivity contribution >= 4 is 52.9 Å². The van der Waals surface area contributed by atoms with Gasteiger partial charge in [-0.15, -0.1) is 35.3 Å². The Morgan fingerprint density at radius 1 is 1.25 bits per heavy atom. The largest absolute Gasteiger partial charge is 0.357 e. The Morgan fingerprint density at radius 2 is 2.04 bits per heavy atom. The van der Waals surface area contributed by atoms with E-state index in [0.29, 0.717) is 6.54 Å². The number of aryl methyl sites for hydroxylation is 1. The zero-order valence-electron chi connectivity index (χ0n) is 14.0. The number of thiazole rings is 1. The van der Waals surface area contributed by atoms with Gasteiger partial charge in [0.1, 0.15) is 0 Å². The Balaban J connectivity index is 0.00000288. The normalized spacial score (nSPS) is 11.0. The van der Waals surface area contributed by atoms with Gasteiger partial charge in [0.05, 0.1) is 17.2 Å². The summed E-state index contributed by atoms with van der Waals surface area (Å²) >= 11 is 7.90. The van der Waals surface area contributed by atoms with E-state index in [2.05, 4.69) is 39.8 Å². The Bertz CT molecular complexity index is 645. The van der Waals surface area contributed by atoms with Crippen molar-refractivity contribution in [1.82, 2.24) is 15.6 Å². The molecule has 0 spiro atoms. The molecule has 2 aromatic rings. The Labute approximate surface area is 170 Å². The second kappa shape index (κ2) is 11.7. The molecule has 0 aliphatic carbocycles. The number of benzene rings is 1. The van der Waals surface area contributed by atoms with Crippen molar-refractivity contribution in [2.45, 2.75) is 33.2 Å². The minimum absolute atomic E-state index is 0. The van der Waals surface area contributed by atoms with Crippen LogP contribution in [0.1, 0.15) is 30.1 Å². The molecule has 0 saturated heterocycles. The Hall–Kier alpha value is -0.860.